The predicted octanol–water partition coefficient (Wildman–Crippen LogP) is -0.0693. The molecule has 0 unspecified atom stereocenters. The first-order valence-corrected chi connectivity index (χ1v) is 7.88. The molecule has 0 saturated heterocycles. The fourth-order valence-electron chi connectivity index (χ4n) is 1.95. The third kappa shape index (κ3) is 9.11. The van der Waals surface area contributed by atoms with Crippen LogP contribution in [-0.4, -0.2) is 48.2 Å². The lowest BCUT2D eigenvalue weighted by atomic mass is 10.1. The SMILES string of the molecule is NC(=O)NCCC[C@H](NC(=O)CNC(=O)OCc1ccccc1)C(=O)O. The first kappa shape index (κ1) is 20.7. The van der Waals surface area contributed by atoms with Crippen LogP contribution in [0.2, 0.25) is 0 Å². The fourth-order valence-corrected chi connectivity index (χ4v) is 1.95. The van der Waals surface area contributed by atoms with Crippen molar-refractivity contribution in [1.82, 2.24) is 16.0 Å². The Hall–Kier alpha value is -3.30. The molecule has 1 aromatic carbocycles. The highest BCUT2D eigenvalue weighted by Gasteiger charge is 2.19. The number of carbonyl (C=O) groups excluding carboxylic acids is 3. The third-order valence-electron chi connectivity index (χ3n) is 3.21. The number of ether oxygens (including phenoxy) is 1. The highest BCUT2D eigenvalue weighted by atomic mass is 16.5. The van der Waals surface area contributed by atoms with Gasteiger partial charge in [0.15, 0.2) is 0 Å². The lowest BCUT2D eigenvalue weighted by Crippen LogP contribution is -2.46. The maximum absolute atomic E-state index is 11.7. The zero-order valence-electron chi connectivity index (χ0n) is 14.1. The fraction of sp³-hybridized carbons (Fsp3) is 0.375. The van der Waals surface area contributed by atoms with E-state index in [2.05, 4.69) is 16.0 Å². The Bertz CT molecular complexity index is 622. The predicted molar refractivity (Wildman–Crippen MR) is 91.0 cm³/mol. The molecule has 0 heterocycles. The van der Waals surface area contributed by atoms with Crippen LogP contribution in [0.3, 0.4) is 0 Å². The number of primary amides is 1. The van der Waals surface area contributed by atoms with Crippen LogP contribution in [0.4, 0.5) is 9.59 Å². The molecular weight excluding hydrogens is 344 g/mol. The van der Waals surface area contributed by atoms with Gasteiger partial charge in [0.25, 0.3) is 0 Å². The Morgan fingerprint density at radius 2 is 1.81 bits per heavy atom. The van der Waals surface area contributed by atoms with Crippen LogP contribution in [0, 0.1) is 0 Å². The smallest absolute Gasteiger partial charge is 0.407 e. The maximum Gasteiger partial charge on any atom is 0.407 e. The lowest BCUT2D eigenvalue weighted by molar-refractivity contribution is -0.141. The summed E-state index contributed by atoms with van der Waals surface area (Å²) in [6.45, 7) is -0.172. The summed E-state index contributed by atoms with van der Waals surface area (Å²) in [5.41, 5.74) is 5.69. The van der Waals surface area contributed by atoms with Crippen molar-refractivity contribution in [1.29, 1.82) is 0 Å². The Kier molecular flexibility index (Phi) is 9.01. The average molecular weight is 366 g/mol. The molecular formula is C16H22N4O6. The van der Waals surface area contributed by atoms with E-state index in [1.165, 1.54) is 0 Å². The minimum absolute atomic E-state index is 0.0545. The number of benzene rings is 1. The zero-order chi connectivity index (χ0) is 19.4. The van der Waals surface area contributed by atoms with Crippen molar-refractivity contribution in [2.45, 2.75) is 25.5 Å². The second-order valence-corrected chi connectivity index (χ2v) is 5.31. The van der Waals surface area contributed by atoms with E-state index in [1.54, 1.807) is 24.3 Å². The summed E-state index contributed by atoms with van der Waals surface area (Å²) in [4.78, 5) is 44.9. The second-order valence-electron chi connectivity index (χ2n) is 5.31. The number of nitrogens with one attached hydrogen (secondary N) is 3. The molecule has 1 aromatic rings. The van der Waals surface area contributed by atoms with Crippen LogP contribution in [0.25, 0.3) is 0 Å². The first-order valence-electron chi connectivity index (χ1n) is 7.88. The van der Waals surface area contributed by atoms with E-state index in [4.69, 9.17) is 15.6 Å². The quantitative estimate of drug-likeness (QED) is 0.364. The zero-order valence-corrected chi connectivity index (χ0v) is 14.1. The lowest BCUT2D eigenvalue weighted by Gasteiger charge is -2.15. The van der Waals surface area contributed by atoms with E-state index in [0.717, 1.165) is 5.56 Å². The third-order valence-corrected chi connectivity index (χ3v) is 3.21. The van der Waals surface area contributed by atoms with Crippen molar-refractivity contribution >= 4 is 24.0 Å². The first-order chi connectivity index (χ1) is 12.4. The van der Waals surface area contributed by atoms with Crippen LogP contribution in [0.15, 0.2) is 30.3 Å². The van der Waals surface area contributed by atoms with Gasteiger partial charge in [-0.1, -0.05) is 30.3 Å². The van der Waals surface area contributed by atoms with E-state index in [9.17, 15) is 19.2 Å². The number of carboxylic acids is 1. The minimum atomic E-state index is -1.22. The average Bonchev–Trinajstić information content (AvgIpc) is 2.61. The van der Waals surface area contributed by atoms with Crippen LogP contribution < -0.4 is 21.7 Å². The summed E-state index contributed by atoms with van der Waals surface area (Å²) in [6, 6.07) is 7.15. The Morgan fingerprint density at radius 1 is 1.12 bits per heavy atom. The summed E-state index contributed by atoms with van der Waals surface area (Å²) in [6.07, 6.45) is -0.381. The Balaban J connectivity index is 2.27. The van der Waals surface area contributed by atoms with Crippen molar-refractivity contribution in [3.05, 3.63) is 35.9 Å². The monoisotopic (exact) mass is 366 g/mol. The molecule has 26 heavy (non-hydrogen) atoms. The Morgan fingerprint density at radius 3 is 2.42 bits per heavy atom. The van der Waals surface area contributed by atoms with Crippen molar-refractivity contribution in [2.75, 3.05) is 13.1 Å². The van der Waals surface area contributed by atoms with Gasteiger partial charge in [0, 0.05) is 6.54 Å². The van der Waals surface area contributed by atoms with Crippen LogP contribution in [0.1, 0.15) is 18.4 Å². The number of amides is 4. The maximum atomic E-state index is 11.7. The highest BCUT2D eigenvalue weighted by Crippen LogP contribution is 2.00. The molecule has 0 bridgehead atoms. The van der Waals surface area contributed by atoms with Gasteiger partial charge in [-0.15, -0.1) is 0 Å². The number of carbonyl (C=O) groups is 4. The van der Waals surface area contributed by atoms with Gasteiger partial charge in [0.2, 0.25) is 5.91 Å². The van der Waals surface area contributed by atoms with Gasteiger partial charge in [-0.05, 0) is 18.4 Å². The largest absolute Gasteiger partial charge is 0.480 e. The summed E-state index contributed by atoms with van der Waals surface area (Å²) < 4.78 is 4.93. The second kappa shape index (κ2) is 11.3. The topological polar surface area (TPSA) is 160 Å². The highest BCUT2D eigenvalue weighted by molar-refractivity contribution is 5.86. The molecule has 0 aliphatic heterocycles. The molecule has 0 fully saturated rings. The molecule has 6 N–H and O–H groups in total. The number of rotatable bonds is 10. The van der Waals surface area contributed by atoms with Crippen molar-refractivity contribution in [2.24, 2.45) is 5.73 Å². The number of aliphatic carboxylic acids is 1. The molecule has 0 aliphatic rings. The molecule has 1 rings (SSSR count). The van der Waals surface area contributed by atoms with Gasteiger partial charge < -0.3 is 31.5 Å². The Labute approximate surface area is 150 Å². The van der Waals surface area contributed by atoms with Gasteiger partial charge in [-0.2, -0.15) is 0 Å². The van der Waals surface area contributed by atoms with Gasteiger partial charge >= 0.3 is 18.1 Å². The minimum Gasteiger partial charge on any atom is -0.480 e. The summed E-state index contributed by atoms with van der Waals surface area (Å²) >= 11 is 0. The summed E-state index contributed by atoms with van der Waals surface area (Å²) in [7, 11) is 0. The molecule has 0 spiro atoms. The molecule has 10 heteroatoms. The molecule has 10 nitrogen and oxygen atoms in total. The van der Waals surface area contributed by atoms with Crippen LogP contribution in [-0.2, 0) is 20.9 Å². The van der Waals surface area contributed by atoms with Crippen molar-refractivity contribution in [3.8, 4) is 0 Å². The normalized spacial score (nSPS) is 11.1. The van der Waals surface area contributed by atoms with E-state index in [0.29, 0.717) is 6.42 Å². The molecule has 0 radical (unpaired) electrons. The number of alkyl carbamates (subject to hydrolysis) is 1. The van der Waals surface area contributed by atoms with E-state index >= 15 is 0 Å². The van der Waals surface area contributed by atoms with E-state index in [1.807, 2.05) is 6.07 Å². The molecule has 0 aliphatic carbocycles. The van der Waals surface area contributed by atoms with Crippen LogP contribution in [0.5, 0.6) is 0 Å². The van der Waals surface area contributed by atoms with E-state index in [-0.39, 0.29) is 19.6 Å². The number of urea groups is 1. The summed E-state index contributed by atoms with van der Waals surface area (Å²) in [5, 5.41) is 15.9. The molecule has 1 atom stereocenters. The number of hydrogen-bond acceptors (Lipinski definition) is 5. The number of carboxylic acid groups (broad SMARTS) is 1. The van der Waals surface area contributed by atoms with Crippen molar-refractivity contribution < 1.29 is 29.0 Å². The van der Waals surface area contributed by atoms with Gasteiger partial charge in [-0.3, -0.25) is 4.79 Å². The molecule has 4 amide bonds. The molecule has 142 valence electrons. The number of hydrogen-bond donors (Lipinski definition) is 5. The van der Waals surface area contributed by atoms with Gasteiger partial charge in [-0.25, -0.2) is 14.4 Å². The van der Waals surface area contributed by atoms with Gasteiger partial charge in [0.05, 0.1) is 0 Å². The van der Waals surface area contributed by atoms with Gasteiger partial charge in [0.1, 0.15) is 19.2 Å². The van der Waals surface area contributed by atoms with Crippen LogP contribution >= 0.6 is 0 Å². The standard InChI is InChI=1S/C16H22N4O6/c17-15(24)18-8-4-7-12(14(22)23)20-13(21)9-19-16(25)26-10-11-5-2-1-3-6-11/h1-3,5-6,12H,4,7-10H2,(H,19,25)(H,20,21)(H,22,23)(H3,17,18,24)/t12-/m0/s1. The van der Waals surface area contributed by atoms with Crippen molar-refractivity contribution in [3.63, 3.8) is 0 Å². The van der Waals surface area contributed by atoms with E-state index < -0.39 is 36.6 Å². The molecule has 0 saturated carbocycles. The number of nitrogens with two attached hydrogens (primary N) is 1. The molecule has 0 aromatic heterocycles. The summed E-state index contributed by atoms with van der Waals surface area (Å²) in [5.74, 6) is -1.89.